The monoisotopic (exact) mass is 493 g/mol. The number of anilines is 2. The molecule has 6 rings (SSSR count). The lowest BCUT2D eigenvalue weighted by atomic mass is 9.98. The van der Waals surface area contributed by atoms with Crippen LogP contribution in [0.15, 0.2) is 72.9 Å². The zero-order chi connectivity index (χ0) is 25.7. The molecule has 1 fully saturated rings. The second-order valence-corrected chi connectivity index (χ2v) is 9.78. The molecule has 0 spiro atoms. The fourth-order valence-corrected chi connectivity index (χ4v) is 5.57. The average Bonchev–Trinajstić information content (AvgIpc) is 3.42. The first-order chi connectivity index (χ1) is 17.9. The van der Waals surface area contributed by atoms with Gasteiger partial charge in [-0.1, -0.05) is 48.5 Å². The summed E-state index contributed by atoms with van der Waals surface area (Å²) in [6.45, 7) is 4.08. The van der Waals surface area contributed by atoms with Crippen LogP contribution in [0.1, 0.15) is 42.1 Å². The molecule has 2 aliphatic heterocycles. The molecule has 0 saturated carbocycles. The van der Waals surface area contributed by atoms with Gasteiger partial charge in [-0.05, 0) is 44.0 Å². The Labute approximate surface area is 214 Å². The standard InChI is InChI=1S/C29H27N5O3/c1-19-9-8-17-32-26(19)31-25(20-10-4-3-5-11-20)27(32)30-23(35)15-18-33-28(37)21-12-6-7-13-22(21)34-24(36)14-16-29(33,34)2/h3-13,17H,14-16,18H2,1-2H3,(H,30,35). The maximum Gasteiger partial charge on any atom is 0.257 e. The molecule has 2 aromatic heterocycles. The van der Waals surface area contributed by atoms with E-state index in [1.54, 1.807) is 21.9 Å². The Morgan fingerprint density at radius 2 is 1.78 bits per heavy atom. The third kappa shape index (κ3) is 3.59. The number of nitrogens with one attached hydrogen (secondary N) is 1. The molecular formula is C29H27N5O3. The first-order valence-electron chi connectivity index (χ1n) is 12.5. The van der Waals surface area contributed by atoms with Gasteiger partial charge in [0, 0.05) is 31.1 Å². The van der Waals surface area contributed by atoms with Crippen molar-refractivity contribution in [1.82, 2.24) is 14.3 Å². The molecule has 0 radical (unpaired) electrons. The van der Waals surface area contributed by atoms with Crippen LogP contribution in [-0.2, 0) is 9.59 Å². The smallest absolute Gasteiger partial charge is 0.257 e. The van der Waals surface area contributed by atoms with Crippen molar-refractivity contribution in [2.45, 2.75) is 38.8 Å². The van der Waals surface area contributed by atoms with Gasteiger partial charge in [0.2, 0.25) is 11.8 Å². The highest BCUT2D eigenvalue weighted by atomic mass is 16.2. The molecule has 1 atom stereocenters. The first-order valence-corrected chi connectivity index (χ1v) is 12.5. The molecule has 1 N–H and O–H groups in total. The quantitative estimate of drug-likeness (QED) is 0.439. The van der Waals surface area contributed by atoms with Gasteiger partial charge in [-0.2, -0.15) is 0 Å². The number of para-hydroxylation sites is 1. The maximum atomic E-state index is 13.5. The Balaban J connectivity index is 1.29. The molecule has 8 heteroatoms. The molecule has 37 heavy (non-hydrogen) atoms. The van der Waals surface area contributed by atoms with E-state index < -0.39 is 5.66 Å². The Morgan fingerprint density at radius 1 is 1.03 bits per heavy atom. The summed E-state index contributed by atoms with van der Waals surface area (Å²) in [5, 5.41) is 3.06. The maximum absolute atomic E-state index is 13.5. The number of carbonyl (C=O) groups is 3. The fraction of sp³-hybridized carbons (Fsp3) is 0.241. The van der Waals surface area contributed by atoms with Crippen molar-refractivity contribution in [2.75, 3.05) is 16.8 Å². The van der Waals surface area contributed by atoms with E-state index in [0.29, 0.717) is 35.6 Å². The molecule has 186 valence electrons. The van der Waals surface area contributed by atoms with Crippen LogP contribution < -0.4 is 10.2 Å². The van der Waals surface area contributed by atoms with Crippen molar-refractivity contribution in [3.8, 4) is 11.3 Å². The van der Waals surface area contributed by atoms with E-state index in [4.69, 9.17) is 4.98 Å². The van der Waals surface area contributed by atoms with Crippen molar-refractivity contribution in [3.05, 3.63) is 84.1 Å². The van der Waals surface area contributed by atoms with Crippen LogP contribution in [0.2, 0.25) is 0 Å². The predicted octanol–water partition coefficient (Wildman–Crippen LogP) is 4.64. The topological polar surface area (TPSA) is 87.0 Å². The average molecular weight is 494 g/mol. The summed E-state index contributed by atoms with van der Waals surface area (Å²) >= 11 is 0. The Morgan fingerprint density at radius 3 is 2.59 bits per heavy atom. The molecule has 0 aliphatic carbocycles. The number of imidazole rings is 1. The highest BCUT2D eigenvalue weighted by Gasteiger charge is 2.52. The number of nitrogens with zero attached hydrogens (tertiary/aromatic N) is 4. The highest BCUT2D eigenvalue weighted by molar-refractivity contribution is 6.10. The van der Waals surface area contributed by atoms with E-state index >= 15 is 0 Å². The SMILES string of the molecule is Cc1cccn2c(NC(=O)CCN3C(=O)c4ccccc4N4C(=O)CCC34C)c(-c3ccccc3)nc12. The molecule has 3 amide bonds. The first kappa shape index (κ1) is 23.0. The predicted molar refractivity (Wildman–Crippen MR) is 141 cm³/mol. The van der Waals surface area contributed by atoms with Gasteiger partial charge < -0.3 is 10.2 Å². The summed E-state index contributed by atoms with van der Waals surface area (Å²) in [6, 6.07) is 20.8. The molecule has 1 unspecified atom stereocenters. The minimum absolute atomic E-state index is 0.00879. The van der Waals surface area contributed by atoms with Gasteiger partial charge in [-0.25, -0.2) is 4.98 Å². The molecule has 0 bridgehead atoms. The number of aryl methyl sites for hydroxylation is 1. The van der Waals surface area contributed by atoms with E-state index in [1.807, 2.05) is 79.0 Å². The zero-order valence-electron chi connectivity index (χ0n) is 20.8. The van der Waals surface area contributed by atoms with Crippen LogP contribution in [0.3, 0.4) is 0 Å². The summed E-state index contributed by atoms with van der Waals surface area (Å²) in [6.07, 6.45) is 2.85. The van der Waals surface area contributed by atoms with Gasteiger partial charge >= 0.3 is 0 Å². The largest absolute Gasteiger partial charge is 0.315 e. The number of fused-ring (bicyclic) bond motifs is 4. The third-order valence-electron chi connectivity index (χ3n) is 7.46. The second kappa shape index (κ2) is 8.58. The minimum atomic E-state index is -0.793. The van der Waals surface area contributed by atoms with Crippen LogP contribution in [0.25, 0.3) is 16.9 Å². The second-order valence-electron chi connectivity index (χ2n) is 9.78. The minimum Gasteiger partial charge on any atom is -0.315 e. The normalized spacial score (nSPS) is 18.8. The van der Waals surface area contributed by atoms with Gasteiger partial charge in [0.05, 0.1) is 11.3 Å². The van der Waals surface area contributed by atoms with Gasteiger partial charge in [0.15, 0.2) is 0 Å². The summed E-state index contributed by atoms with van der Waals surface area (Å²) in [5.41, 5.74) is 3.69. The number of aromatic nitrogens is 2. The molecular weight excluding hydrogens is 466 g/mol. The van der Waals surface area contributed by atoms with Gasteiger partial charge in [0.25, 0.3) is 5.91 Å². The van der Waals surface area contributed by atoms with Crippen LogP contribution in [0.5, 0.6) is 0 Å². The number of carbonyl (C=O) groups excluding carboxylic acids is 3. The number of amides is 3. The lowest BCUT2D eigenvalue weighted by Crippen LogP contribution is -2.62. The van der Waals surface area contributed by atoms with Crippen molar-refractivity contribution < 1.29 is 14.4 Å². The molecule has 8 nitrogen and oxygen atoms in total. The summed E-state index contributed by atoms with van der Waals surface area (Å²) in [5.74, 6) is 0.193. The van der Waals surface area contributed by atoms with Gasteiger partial charge in [-0.3, -0.25) is 23.7 Å². The van der Waals surface area contributed by atoms with Gasteiger partial charge in [-0.15, -0.1) is 0 Å². The lowest BCUT2D eigenvalue weighted by Gasteiger charge is -2.48. The Hall–Kier alpha value is -4.46. The Kier molecular flexibility index (Phi) is 5.33. The van der Waals surface area contributed by atoms with Gasteiger partial charge in [0.1, 0.15) is 22.8 Å². The number of pyridine rings is 1. The summed E-state index contributed by atoms with van der Waals surface area (Å²) < 4.78 is 1.89. The molecule has 4 heterocycles. The molecule has 2 aliphatic rings. The van der Waals surface area contributed by atoms with Crippen molar-refractivity contribution >= 4 is 34.9 Å². The van der Waals surface area contributed by atoms with Crippen molar-refractivity contribution in [3.63, 3.8) is 0 Å². The van der Waals surface area contributed by atoms with Crippen LogP contribution >= 0.6 is 0 Å². The van der Waals surface area contributed by atoms with Crippen LogP contribution in [-0.4, -0.2) is 44.2 Å². The third-order valence-corrected chi connectivity index (χ3v) is 7.46. The summed E-state index contributed by atoms with van der Waals surface area (Å²) in [4.78, 5) is 47.8. The van der Waals surface area contributed by atoms with Crippen LogP contribution in [0, 0.1) is 6.92 Å². The number of hydrogen-bond donors (Lipinski definition) is 1. The van der Waals surface area contributed by atoms with E-state index in [1.165, 1.54) is 0 Å². The lowest BCUT2D eigenvalue weighted by molar-refractivity contribution is -0.117. The van der Waals surface area contributed by atoms with Crippen molar-refractivity contribution in [1.29, 1.82) is 0 Å². The zero-order valence-corrected chi connectivity index (χ0v) is 20.8. The van der Waals surface area contributed by atoms with Crippen molar-refractivity contribution in [2.24, 2.45) is 0 Å². The number of hydrogen-bond acceptors (Lipinski definition) is 4. The van der Waals surface area contributed by atoms with Crippen LogP contribution in [0.4, 0.5) is 11.5 Å². The molecule has 4 aromatic rings. The Bertz CT molecular complexity index is 1560. The number of benzene rings is 2. The highest BCUT2D eigenvalue weighted by Crippen LogP contribution is 2.44. The van der Waals surface area contributed by atoms with E-state index in [-0.39, 0.29) is 30.7 Å². The summed E-state index contributed by atoms with van der Waals surface area (Å²) in [7, 11) is 0. The fourth-order valence-electron chi connectivity index (χ4n) is 5.57. The van der Waals surface area contributed by atoms with E-state index in [0.717, 1.165) is 16.8 Å². The molecule has 2 aromatic carbocycles. The molecule has 1 saturated heterocycles. The van der Waals surface area contributed by atoms with E-state index in [9.17, 15) is 14.4 Å². The van der Waals surface area contributed by atoms with E-state index in [2.05, 4.69) is 5.32 Å². The number of rotatable bonds is 5.